The second-order valence-corrected chi connectivity index (χ2v) is 8.82. The van der Waals surface area contributed by atoms with Crippen LogP contribution in [0.15, 0.2) is 79.3 Å². The highest BCUT2D eigenvalue weighted by Gasteiger charge is 2.14. The van der Waals surface area contributed by atoms with Crippen molar-refractivity contribution in [1.82, 2.24) is 19.7 Å². The number of amides is 2. The SMILES string of the molecule is CCn1cc(-c2cccc(NC(=O)Nc3ccc(CN4CCCC4)cc3)c2)c(-c2ccncc2)n1. The molecule has 1 aliphatic rings. The van der Waals surface area contributed by atoms with Crippen LogP contribution in [0, 0.1) is 0 Å². The summed E-state index contributed by atoms with van der Waals surface area (Å²) in [5.41, 5.74) is 6.65. The summed E-state index contributed by atoms with van der Waals surface area (Å²) in [5, 5.41) is 10.6. The number of rotatable bonds is 7. The zero-order valence-electron chi connectivity index (χ0n) is 19.9. The largest absolute Gasteiger partial charge is 0.323 e. The van der Waals surface area contributed by atoms with Crippen LogP contribution in [0.2, 0.25) is 0 Å². The summed E-state index contributed by atoms with van der Waals surface area (Å²) in [6, 6.07) is 19.6. The molecule has 1 aliphatic heterocycles. The fraction of sp³-hybridized carbons (Fsp3) is 0.250. The van der Waals surface area contributed by atoms with Crippen molar-refractivity contribution in [1.29, 1.82) is 0 Å². The molecule has 2 aromatic heterocycles. The average molecular weight is 467 g/mol. The van der Waals surface area contributed by atoms with E-state index in [0.717, 1.165) is 46.8 Å². The van der Waals surface area contributed by atoms with Crippen molar-refractivity contribution in [2.75, 3.05) is 23.7 Å². The van der Waals surface area contributed by atoms with E-state index in [2.05, 4.69) is 39.6 Å². The number of aromatic nitrogens is 3. The standard InChI is InChI=1S/C28H30N6O/c1-2-34-20-26(27(32-34)22-12-14-29-15-13-22)23-6-5-7-25(18-23)31-28(35)30-24-10-8-21(9-11-24)19-33-16-3-4-17-33/h5-15,18,20H,2-4,16-17,19H2,1H3,(H2,30,31,35). The molecule has 35 heavy (non-hydrogen) atoms. The van der Waals surface area contributed by atoms with Gasteiger partial charge in [-0.3, -0.25) is 14.6 Å². The van der Waals surface area contributed by atoms with E-state index in [1.165, 1.54) is 31.5 Å². The molecular formula is C28H30N6O. The van der Waals surface area contributed by atoms with Gasteiger partial charge in [-0.1, -0.05) is 24.3 Å². The van der Waals surface area contributed by atoms with E-state index >= 15 is 0 Å². The third kappa shape index (κ3) is 5.58. The first-order valence-electron chi connectivity index (χ1n) is 12.2. The van der Waals surface area contributed by atoms with Crippen LogP contribution in [0.5, 0.6) is 0 Å². The lowest BCUT2D eigenvalue weighted by Gasteiger charge is -2.15. The van der Waals surface area contributed by atoms with Gasteiger partial charge in [-0.25, -0.2) is 4.79 Å². The van der Waals surface area contributed by atoms with Gasteiger partial charge >= 0.3 is 6.03 Å². The number of carbonyl (C=O) groups excluding carboxylic acids is 1. The predicted molar refractivity (Wildman–Crippen MR) is 140 cm³/mol. The highest BCUT2D eigenvalue weighted by atomic mass is 16.2. The molecule has 0 aliphatic carbocycles. The Bertz CT molecular complexity index is 1280. The molecule has 0 saturated carbocycles. The Morgan fingerprint density at radius 1 is 0.914 bits per heavy atom. The number of nitrogens with one attached hydrogen (secondary N) is 2. The van der Waals surface area contributed by atoms with E-state index in [1.807, 2.05) is 59.4 Å². The van der Waals surface area contributed by atoms with Crippen LogP contribution in [0.3, 0.4) is 0 Å². The molecule has 2 aromatic carbocycles. The predicted octanol–water partition coefficient (Wildman–Crippen LogP) is 5.87. The van der Waals surface area contributed by atoms with Crippen LogP contribution >= 0.6 is 0 Å². The zero-order chi connectivity index (χ0) is 24.0. The van der Waals surface area contributed by atoms with Crippen LogP contribution in [-0.2, 0) is 13.1 Å². The minimum Gasteiger partial charge on any atom is -0.308 e. The van der Waals surface area contributed by atoms with Crippen molar-refractivity contribution in [3.05, 3.63) is 84.8 Å². The number of nitrogens with zero attached hydrogens (tertiary/aromatic N) is 4. The fourth-order valence-electron chi connectivity index (χ4n) is 4.47. The summed E-state index contributed by atoms with van der Waals surface area (Å²) in [7, 11) is 0. The Morgan fingerprint density at radius 3 is 2.40 bits per heavy atom. The van der Waals surface area contributed by atoms with Crippen molar-refractivity contribution in [3.63, 3.8) is 0 Å². The number of aryl methyl sites for hydroxylation is 1. The molecule has 7 heteroatoms. The van der Waals surface area contributed by atoms with E-state index in [1.54, 1.807) is 12.4 Å². The van der Waals surface area contributed by atoms with Crippen LogP contribution < -0.4 is 10.6 Å². The van der Waals surface area contributed by atoms with Crippen molar-refractivity contribution in [2.24, 2.45) is 0 Å². The third-order valence-electron chi connectivity index (χ3n) is 6.29. The molecule has 4 aromatic rings. The maximum absolute atomic E-state index is 12.7. The number of urea groups is 1. The summed E-state index contributed by atoms with van der Waals surface area (Å²) in [6.07, 6.45) is 8.15. The second kappa shape index (κ2) is 10.5. The van der Waals surface area contributed by atoms with Gasteiger partial charge in [0.1, 0.15) is 5.69 Å². The molecule has 0 unspecified atom stereocenters. The van der Waals surface area contributed by atoms with Crippen molar-refractivity contribution < 1.29 is 4.79 Å². The van der Waals surface area contributed by atoms with Crippen LogP contribution in [0.1, 0.15) is 25.3 Å². The fourth-order valence-corrected chi connectivity index (χ4v) is 4.47. The zero-order valence-corrected chi connectivity index (χ0v) is 19.9. The number of likely N-dealkylation sites (tertiary alicyclic amines) is 1. The molecule has 1 saturated heterocycles. The summed E-state index contributed by atoms with van der Waals surface area (Å²) in [6.45, 7) is 6.15. The quantitative estimate of drug-likeness (QED) is 0.357. The van der Waals surface area contributed by atoms with Gasteiger partial charge in [-0.05, 0) is 80.4 Å². The van der Waals surface area contributed by atoms with E-state index in [0.29, 0.717) is 0 Å². The number of pyridine rings is 1. The molecule has 0 spiro atoms. The van der Waals surface area contributed by atoms with Crippen molar-refractivity contribution in [2.45, 2.75) is 32.9 Å². The van der Waals surface area contributed by atoms with Gasteiger partial charge in [0.2, 0.25) is 0 Å². The molecular weight excluding hydrogens is 436 g/mol. The molecule has 5 rings (SSSR count). The maximum Gasteiger partial charge on any atom is 0.323 e. The topological polar surface area (TPSA) is 75.1 Å². The molecule has 0 atom stereocenters. The average Bonchev–Trinajstić information content (AvgIpc) is 3.56. The molecule has 1 fully saturated rings. The van der Waals surface area contributed by atoms with E-state index < -0.39 is 0 Å². The summed E-state index contributed by atoms with van der Waals surface area (Å²) in [5.74, 6) is 0. The molecule has 178 valence electrons. The van der Waals surface area contributed by atoms with Crippen molar-refractivity contribution >= 4 is 17.4 Å². The highest BCUT2D eigenvalue weighted by molar-refractivity contribution is 6.00. The Kier molecular flexibility index (Phi) is 6.86. The van der Waals surface area contributed by atoms with Crippen LogP contribution in [-0.4, -0.2) is 38.8 Å². The lowest BCUT2D eigenvalue weighted by molar-refractivity contribution is 0.262. The molecule has 2 N–H and O–H groups in total. The Hall–Kier alpha value is -3.97. The first-order valence-corrected chi connectivity index (χ1v) is 12.2. The van der Waals surface area contributed by atoms with Crippen molar-refractivity contribution in [3.8, 4) is 22.4 Å². The maximum atomic E-state index is 12.7. The monoisotopic (exact) mass is 466 g/mol. The molecule has 7 nitrogen and oxygen atoms in total. The lowest BCUT2D eigenvalue weighted by atomic mass is 10.0. The number of hydrogen-bond donors (Lipinski definition) is 2. The normalized spacial score (nSPS) is 13.6. The number of benzene rings is 2. The Balaban J connectivity index is 1.28. The van der Waals surface area contributed by atoms with E-state index in [4.69, 9.17) is 5.10 Å². The summed E-state index contributed by atoms with van der Waals surface area (Å²) in [4.78, 5) is 19.3. The van der Waals surface area contributed by atoms with E-state index in [-0.39, 0.29) is 6.03 Å². The molecule has 3 heterocycles. The van der Waals surface area contributed by atoms with Crippen LogP contribution in [0.25, 0.3) is 22.4 Å². The minimum absolute atomic E-state index is 0.270. The van der Waals surface area contributed by atoms with Gasteiger partial charge in [0.15, 0.2) is 0 Å². The number of hydrogen-bond acceptors (Lipinski definition) is 4. The third-order valence-corrected chi connectivity index (χ3v) is 6.29. The van der Waals surface area contributed by atoms with Gasteiger partial charge in [-0.15, -0.1) is 0 Å². The lowest BCUT2D eigenvalue weighted by Crippen LogP contribution is -2.20. The second-order valence-electron chi connectivity index (χ2n) is 8.82. The summed E-state index contributed by atoms with van der Waals surface area (Å²) >= 11 is 0. The first kappa shape index (κ1) is 22.8. The van der Waals surface area contributed by atoms with Gasteiger partial charge in [0.25, 0.3) is 0 Å². The Morgan fingerprint density at radius 2 is 1.66 bits per heavy atom. The van der Waals surface area contributed by atoms with E-state index in [9.17, 15) is 4.79 Å². The Labute approximate surface area is 205 Å². The minimum atomic E-state index is -0.270. The molecule has 0 bridgehead atoms. The van der Waals surface area contributed by atoms with Gasteiger partial charge in [0.05, 0.1) is 0 Å². The van der Waals surface area contributed by atoms with Gasteiger partial charge in [-0.2, -0.15) is 5.10 Å². The van der Waals surface area contributed by atoms with Gasteiger partial charge in [0, 0.05) is 54.2 Å². The highest BCUT2D eigenvalue weighted by Crippen LogP contribution is 2.32. The van der Waals surface area contributed by atoms with Crippen LogP contribution in [0.4, 0.5) is 16.2 Å². The van der Waals surface area contributed by atoms with Gasteiger partial charge < -0.3 is 10.6 Å². The summed E-state index contributed by atoms with van der Waals surface area (Å²) < 4.78 is 1.92. The molecule has 0 radical (unpaired) electrons. The first-order chi connectivity index (χ1) is 17.2. The number of carbonyl (C=O) groups is 1. The number of anilines is 2. The molecule has 2 amide bonds. The smallest absolute Gasteiger partial charge is 0.308 e.